The molecule has 2 aromatic rings. The summed E-state index contributed by atoms with van der Waals surface area (Å²) in [6, 6.07) is 8.20. The Morgan fingerprint density at radius 3 is 2.89 bits per heavy atom. The molecular weight excluding hydrogens is 304 g/mol. The first-order valence-electron chi connectivity index (χ1n) is 6.56. The number of hydrogen-bond donors (Lipinski definition) is 1. The predicted octanol–water partition coefficient (Wildman–Crippen LogP) is 3.98. The van der Waals surface area contributed by atoms with Crippen molar-refractivity contribution >= 4 is 32.5 Å². The summed E-state index contributed by atoms with van der Waals surface area (Å²) in [4.78, 5) is 4.40. The van der Waals surface area contributed by atoms with E-state index in [9.17, 15) is 0 Å². The van der Waals surface area contributed by atoms with Gasteiger partial charge in [0.25, 0.3) is 0 Å². The summed E-state index contributed by atoms with van der Waals surface area (Å²) in [6.07, 6.45) is 5.40. The molecule has 1 saturated carbocycles. The van der Waals surface area contributed by atoms with Crippen LogP contribution in [0.4, 0.5) is 5.69 Å². The molecule has 1 aliphatic carbocycles. The highest BCUT2D eigenvalue weighted by atomic mass is 79.9. The molecular formula is C15H17BrN2O. The van der Waals surface area contributed by atoms with Crippen LogP contribution >= 0.6 is 15.9 Å². The van der Waals surface area contributed by atoms with Crippen LogP contribution in [0.2, 0.25) is 0 Å². The van der Waals surface area contributed by atoms with Crippen molar-refractivity contribution in [2.75, 3.05) is 19.0 Å². The van der Waals surface area contributed by atoms with Crippen LogP contribution in [0.15, 0.2) is 34.9 Å². The van der Waals surface area contributed by atoms with E-state index >= 15 is 0 Å². The second-order valence-electron chi connectivity index (χ2n) is 5.11. The third-order valence-electron chi connectivity index (χ3n) is 4.00. The molecule has 0 spiro atoms. The first-order chi connectivity index (χ1) is 9.22. The lowest BCUT2D eigenvalue weighted by atomic mass is 9.80. The molecule has 3 rings (SSSR count). The van der Waals surface area contributed by atoms with Crippen molar-refractivity contribution in [3.05, 3.63) is 34.9 Å². The molecule has 1 aromatic heterocycles. The molecule has 4 heteroatoms. The quantitative estimate of drug-likeness (QED) is 0.925. The molecule has 1 fully saturated rings. The average Bonchev–Trinajstić information content (AvgIpc) is 2.37. The average molecular weight is 321 g/mol. The van der Waals surface area contributed by atoms with Crippen molar-refractivity contribution < 1.29 is 4.74 Å². The van der Waals surface area contributed by atoms with Crippen LogP contribution in [-0.2, 0) is 4.74 Å². The zero-order valence-corrected chi connectivity index (χ0v) is 12.5. The van der Waals surface area contributed by atoms with Crippen molar-refractivity contribution in [2.45, 2.75) is 24.9 Å². The van der Waals surface area contributed by atoms with E-state index < -0.39 is 0 Å². The maximum Gasteiger partial charge on any atom is 0.0850 e. The molecule has 0 amide bonds. The Hall–Kier alpha value is -1.13. The van der Waals surface area contributed by atoms with Gasteiger partial charge in [0.1, 0.15) is 0 Å². The minimum absolute atomic E-state index is 0.0327. The van der Waals surface area contributed by atoms with Crippen molar-refractivity contribution in [1.29, 1.82) is 0 Å². The summed E-state index contributed by atoms with van der Waals surface area (Å²) >= 11 is 3.48. The summed E-state index contributed by atoms with van der Waals surface area (Å²) in [5, 5.41) is 4.67. The number of hydrogen-bond acceptors (Lipinski definition) is 3. The Kier molecular flexibility index (Phi) is 3.46. The highest BCUT2D eigenvalue weighted by molar-refractivity contribution is 9.10. The van der Waals surface area contributed by atoms with Gasteiger partial charge < -0.3 is 10.1 Å². The number of benzene rings is 1. The summed E-state index contributed by atoms with van der Waals surface area (Å²) < 4.78 is 6.69. The third kappa shape index (κ3) is 2.47. The van der Waals surface area contributed by atoms with Crippen LogP contribution < -0.4 is 5.32 Å². The summed E-state index contributed by atoms with van der Waals surface area (Å²) in [6.45, 7) is 0.860. The minimum atomic E-state index is 0.0327. The lowest BCUT2D eigenvalue weighted by molar-refractivity contribution is -0.0601. The first kappa shape index (κ1) is 12.9. The van der Waals surface area contributed by atoms with Gasteiger partial charge in [0.05, 0.1) is 11.1 Å². The van der Waals surface area contributed by atoms with Crippen LogP contribution in [0, 0.1) is 0 Å². The van der Waals surface area contributed by atoms with Gasteiger partial charge in [-0.05, 0) is 43.5 Å². The molecule has 0 unspecified atom stereocenters. The van der Waals surface area contributed by atoms with Crippen LogP contribution in [0.25, 0.3) is 10.9 Å². The van der Waals surface area contributed by atoms with Gasteiger partial charge in [-0.15, -0.1) is 0 Å². The zero-order chi connectivity index (χ0) is 13.3. The molecule has 0 saturated heterocycles. The second kappa shape index (κ2) is 5.10. The summed E-state index contributed by atoms with van der Waals surface area (Å²) in [5.41, 5.74) is 2.16. The van der Waals surface area contributed by atoms with E-state index in [0.717, 1.165) is 40.4 Å². The van der Waals surface area contributed by atoms with Gasteiger partial charge >= 0.3 is 0 Å². The Morgan fingerprint density at radius 1 is 1.37 bits per heavy atom. The van der Waals surface area contributed by atoms with Crippen molar-refractivity contribution in [3.8, 4) is 0 Å². The number of nitrogens with one attached hydrogen (secondary N) is 1. The smallest absolute Gasteiger partial charge is 0.0850 e. The Morgan fingerprint density at radius 2 is 2.21 bits per heavy atom. The fourth-order valence-corrected chi connectivity index (χ4v) is 2.90. The van der Waals surface area contributed by atoms with Crippen molar-refractivity contribution in [3.63, 3.8) is 0 Å². The Balaban J connectivity index is 1.84. The molecule has 100 valence electrons. The van der Waals surface area contributed by atoms with Crippen LogP contribution in [0.1, 0.15) is 19.3 Å². The molecule has 0 bridgehead atoms. The maximum atomic E-state index is 5.64. The van der Waals surface area contributed by atoms with Gasteiger partial charge in [0.2, 0.25) is 0 Å². The molecule has 1 N–H and O–H groups in total. The standard InChI is InChI=1S/C15H17BrN2O/c1-19-15(6-2-7-15)10-18-13-5-8-17-14-9-11(16)3-4-12(13)14/h3-5,8-9H,2,6-7,10H2,1H3,(H,17,18). The molecule has 0 aliphatic heterocycles. The number of pyridine rings is 1. The Bertz CT molecular complexity index is 590. The number of anilines is 1. The highest BCUT2D eigenvalue weighted by Crippen LogP contribution is 2.35. The van der Waals surface area contributed by atoms with Gasteiger partial charge in [-0.1, -0.05) is 15.9 Å². The number of nitrogens with zero attached hydrogens (tertiary/aromatic N) is 1. The van der Waals surface area contributed by atoms with Gasteiger partial charge in [0.15, 0.2) is 0 Å². The van der Waals surface area contributed by atoms with Crippen LogP contribution in [0.5, 0.6) is 0 Å². The summed E-state index contributed by atoms with van der Waals surface area (Å²) in [5.74, 6) is 0. The monoisotopic (exact) mass is 320 g/mol. The Labute approximate surface area is 121 Å². The van der Waals surface area contributed by atoms with E-state index in [1.165, 1.54) is 6.42 Å². The molecule has 3 nitrogen and oxygen atoms in total. The lowest BCUT2D eigenvalue weighted by Gasteiger charge is -2.40. The van der Waals surface area contributed by atoms with Crippen LogP contribution in [-0.4, -0.2) is 24.2 Å². The van der Waals surface area contributed by atoms with E-state index in [0.29, 0.717) is 0 Å². The van der Waals surface area contributed by atoms with Gasteiger partial charge in [0, 0.05) is 35.4 Å². The first-order valence-corrected chi connectivity index (χ1v) is 7.35. The van der Waals surface area contributed by atoms with Crippen LogP contribution in [0.3, 0.4) is 0 Å². The molecule has 1 aromatic carbocycles. The van der Waals surface area contributed by atoms with E-state index in [-0.39, 0.29) is 5.60 Å². The predicted molar refractivity (Wildman–Crippen MR) is 81.5 cm³/mol. The van der Waals surface area contributed by atoms with Crippen molar-refractivity contribution in [1.82, 2.24) is 4.98 Å². The van der Waals surface area contributed by atoms with Crippen molar-refractivity contribution in [2.24, 2.45) is 0 Å². The molecule has 0 radical (unpaired) electrons. The number of fused-ring (bicyclic) bond motifs is 1. The number of aromatic nitrogens is 1. The van der Waals surface area contributed by atoms with E-state index in [4.69, 9.17) is 4.74 Å². The molecule has 0 atom stereocenters. The number of ether oxygens (including phenoxy) is 1. The summed E-state index contributed by atoms with van der Waals surface area (Å²) in [7, 11) is 1.81. The van der Waals surface area contributed by atoms with E-state index in [2.05, 4.69) is 32.3 Å². The zero-order valence-electron chi connectivity index (χ0n) is 10.9. The van der Waals surface area contributed by atoms with Gasteiger partial charge in [-0.2, -0.15) is 0 Å². The highest BCUT2D eigenvalue weighted by Gasteiger charge is 2.36. The number of halogens is 1. The van der Waals surface area contributed by atoms with Gasteiger partial charge in [-0.25, -0.2) is 0 Å². The maximum absolute atomic E-state index is 5.64. The number of rotatable bonds is 4. The third-order valence-corrected chi connectivity index (χ3v) is 4.50. The largest absolute Gasteiger partial charge is 0.382 e. The minimum Gasteiger partial charge on any atom is -0.382 e. The lowest BCUT2D eigenvalue weighted by Crippen LogP contribution is -2.45. The molecule has 1 heterocycles. The second-order valence-corrected chi connectivity index (χ2v) is 6.03. The van der Waals surface area contributed by atoms with Gasteiger partial charge in [-0.3, -0.25) is 4.98 Å². The van der Waals surface area contributed by atoms with E-state index in [1.807, 2.05) is 31.5 Å². The molecule has 1 aliphatic rings. The number of methoxy groups -OCH3 is 1. The fraction of sp³-hybridized carbons (Fsp3) is 0.400. The van der Waals surface area contributed by atoms with E-state index in [1.54, 1.807) is 0 Å². The topological polar surface area (TPSA) is 34.1 Å². The SMILES string of the molecule is COC1(CNc2ccnc3cc(Br)ccc23)CCC1. The normalized spacial score (nSPS) is 17.2. The molecule has 19 heavy (non-hydrogen) atoms. The fourth-order valence-electron chi connectivity index (χ4n) is 2.56.